The summed E-state index contributed by atoms with van der Waals surface area (Å²) in [6.45, 7) is 21.4. The summed E-state index contributed by atoms with van der Waals surface area (Å²) < 4.78 is 64.1. The van der Waals surface area contributed by atoms with E-state index in [1.165, 1.54) is 17.0 Å². The summed E-state index contributed by atoms with van der Waals surface area (Å²) in [6.07, 6.45) is 8.29. The Labute approximate surface area is 507 Å². The Morgan fingerprint density at radius 3 is 2.16 bits per heavy atom. The van der Waals surface area contributed by atoms with E-state index in [0.717, 1.165) is 53.9 Å². The van der Waals surface area contributed by atoms with Crippen LogP contribution >= 0.6 is 11.5 Å². The largest absolute Gasteiger partial charge is 0.379 e. The monoisotopic (exact) mass is 1210 g/mol. The summed E-state index contributed by atoms with van der Waals surface area (Å²) in [7, 11) is 0. The number of aryl methyl sites for hydroxylation is 2. The van der Waals surface area contributed by atoms with Crippen molar-refractivity contribution in [2.45, 2.75) is 97.9 Å². The van der Waals surface area contributed by atoms with Crippen LogP contribution in [-0.4, -0.2) is 182 Å². The molecular formula is C64H84F2N10O9S. The summed E-state index contributed by atoms with van der Waals surface area (Å²) >= 11 is 1.60. The number of allylic oxidation sites excluding steroid dienone is 1. The van der Waals surface area contributed by atoms with Gasteiger partial charge in [-0.15, -0.1) is 5.73 Å². The molecule has 0 saturated carbocycles. The molecule has 0 spiro atoms. The number of hydrogen-bond acceptors (Lipinski definition) is 14. The van der Waals surface area contributed by atoms with Crippen LogP contribution in [0, 0.1) is 30.9 Å². The molecule has 86 heavy (non-hydrogen) atoms. The SMILES string of the molecule is C=C=C/C(=N\c1c(C)cccc1-c1cc(F)c(CN2CCOCC2)c(F)c1)c1cnn(C2CCN(CC(=O)NCCOCCOCCOCCOCCC(=O)NC(C(=O)N3CCCC3C(=O)NCc3ccc(-c4s[nH]c4C)cc3)C(C)(C)C)CC2)c1. The number of benzene rings is 3. The number of morpholine rings is 1. The second-order valence-electron chi connectivity index (χ2n) is 23.0. The van der Waals surface area contributed by atoms with Crippen LogP contribution in [0.1, 0.15) is 86.9 Å². The van der Waals surface area contributed by atoms with Gasteiger partial charge in [0.05, 0.1) is 101 Å². The number of rotatable bonds is 30. The molecule has 2 aromatic heterocycles. The van der Waals surface area contributed by atoms with Gasteiger partial charge in [-0.2, -0.15) is 5.10 Å². The highest BCUT2D eigenvalue weighted by Crippen LogP contribution is 2.36. The number of hydrogen-bond donors (Lipinski definition) is 4. The molecule has 0 radical (unpaired) electrons. The maximum absolute atomic E-state index is 15.6. The van der Waals surface area contributed by atoms with Crippen LogP contribution in [0.4, 0.5) is 14.5 Å². The Hall–Kier alpha value is -6.72. The first kappa shape index (κ1) is 65.3. The van der Waals surface area contributed by atoms with Gasteiger partial charge in [-0.1, -0.05) is 81.3 Å². The van der Waals surface area contributed by atoms with Crippen molar-refractivity contribution in [3.8, 4) is 21.6 Å². The number of nitrogens with zero attached hydrogens (tertiary/aromatic N) is 6. The van der Waals surface area contributed by atoms with Gasteiger partial charge in [0.1, 0.15) is 23.7 Å². The average Bonchev–Trinajstić information content (AvgIpc) is 2.73. The first-order chi connectivity index (χ1) is 41.6. The van der Waals surface area contributed by atoms with Gasteiger partial charge in [-0.3, -0.25) is 33.7 Å². The second kappa shape index (κ2) is 32.3. The lowest BCUT2D eigenvalue weighted by Crippen LogP contribution is -2.57. The number of piperidine rings is 1. The van der Waals surface area contributed by atoms with E-state index in [2.05, 4.69) is 37.5 Å². The Kier molecular flexibility index (Phi) is 24.5. The third-order valence-corrected chi connectivity index (χ3v) is 16.7. The third kappa shape index (κ3) is 18.6. The first-order valence-electron chi connectivity index (χ1n) is 29.8. The number of para-hydroxylation sites is 1. The van der Waals surface area contributed by atoms with E-state index in [-0.39, 0.29) is 68.0 Å². The fourth-order valence-corrected chi connectivity index (χ4v) is 11.4. The van der Waals surface area contributed by atoms with Crippen LogP contribution < -0.4 is 16.0 Å². The minimum absolute atomic E-state index is 0.0384. The normalized spacial score (nSPS) is 16.7. The van der Waals surface area contributed by atoms with Gasteiger partial charge in [0.15, 0.2) is 0 Å². The summed E-state index contributed by atoms with van der Waals surface area (Å²) in [5.41, 5.74) is 9.24. The molecule has 22 heteroatoms. The Morgan fingerprint density at radius 1 is 0.849 bits per heavy atom. The van der Waals surface area contributed by atoms with E-state index in [1.807, 2.05) is 92.9 Å². The number of aliphatic imine (C=N–C) groups is 1. The lowest BCUT2D eigenvalue weighted by atomic mass is 9.85. The van der Waals surface area contributed by atoms with E-state index in [1.54, 1.807) is 28.7 Å². The van der Waals surface area contributed by atoms with E-state index in [9.17, 15) is 19.2 Å². The molecule has 2 atom stereocenters. The molecule has 5 heterocycles. The molecule has 0 bridgehead atoms. The number of carbonyl (C=O) groups excluding carboxylic acids is 4. The minimum Gasteiger partial charge on any atom is -0.379 e. The number of aromatic nitrogens is 3. The molecule has 3 fully saturated rings. The molecule has 8 rings (SSSR count). The highest BCUT2D eigenvalue weighted by Gasteiger charge is 2.42. The first-order valence-corrected chi connectivity index (χ1v) is 30.7. The number of ether oxygens (including phenoxy) is 5. The zero-order valence-electron chi connectivity index (χ0n) is 50.4. The van der Waals surface area contributed by atoms with Crippen LogP contribution in [0.5, 0.6) is 0 Å². The lowest BCUT2D eigenvalue weighted by Gasteiger charge is -2.35. The lowest BCUT2D eigenvalue weighted by molar-refractivity contribution is -0.144. The summed E-state index contributed by atoms with van der Waals surface area (Å²) in [5.74, 6) is -2.05. The maximum Gasteiger partial charge on any atom is 0.246 e. The Morgan fingerprint density at radius 2 is 1.52 bits per heavy atom. The molecule has 2 unspecified atom stereocenters. The van der Waals surface area contributed by atoms with Crippen LogP contribution in [-0.2, 0) is 56.0 Å². The van der Waals surface area contributed by atoms with E-state index in [0.29, 0.717) is 121 Å². The summed E-state index contributed by atoms with van der Waals surface area (Å²) in [6, 6.07) is 15.1. The number of H-pyrrole nitrogens is 1. The van der Waals surface area contributed by atoms with Gasteiger partial charge in [-0.05, 0) is 79.3 Å². The van der Waals surface area contributed by atoms with Gasteiger partial charge in [0, 0.05) is 93.4 Å². The molecule has 3 aliphatic rings. The molecule has 464 valence electrons. The third-order valence-electron chi connectivity index (χ3n) is 15.6. The number of amides is 4. The fourth-order valence-electron chi connectivity index (χ4n) is 10.7. The van der Waals surface area contributed by atoms with Crippen molar-refractivity contribution in [3.05, 3.63) is 125 Å². The zero-order chi connectivity index (χ0) is 61.0. The summed E-state index contributed by atoms with van der Waals surface area (Å²) in [5, 5.41) is 13.6. The molecule has 4 amide bonds. The van der Waals surface area contributed by atoms with E-state index < -0.39 is 29.1 Å². The minimum atomic E-state index is -0.817. The topological polar surface area (TPSA) is 206 Å². The van der Waals surface area contributed by atoms with Crippen molar-refractivity contribution in [2.75, 3.05) is 112 Å². The highest BCUT2D eigenvalue weighted by atomic mass is 32.1. The van der Waals surface area contributed by atoms with Gasteiger partial charge >= 0.3 is 0 Å². The Bertz CT molecular complexity index is 3090. The van der Waals surface area contributed by atoms with Gasteiger partial charge in [0.25, 0.3) is 0 Å². The van der Waals surface area contributed by atoms with E-state index >= 15 is 8.78 Å². The summed E-state index contributed by atoms with van der Waals surface area (Å²) in [4.78, 5) is 65.1. The number of halogens is 2. The van der Waals surface area contributed by atoms with Crippen LogP contribution in [0.15, 0.2) is 90.4 Å². The van der Waals surface area contributed by atoms with Gasteiger partial charge < -0.3 is 48.9 Å². The molecule has 5 aromatic rings. The van der Waals surface area contributed by atoms with Crippen molar-refractivity contribution in [1.29, 1.82) is 0 Å². The Balaban J connectivity index is 0.647. The standard InChI is InChI=1S/C64H84F2N10O9S/c1-7-10-55(70-59-44(2)11-8-12-51(59)48-37-53(65)52(54(66)38-48)42-74-25-29-83-30-26-74)49-40-69-76(41-49)50-18-23-73(24-19-50)43-58(78)67-21-28-82-32-34-85-36-35-84-33-31-81-27-20-57(77)71-61(64(4,5)6)63(80)75-22-9-13-56(75)62(79)68-39-46-14-16-47(17-15-46)60-45(3)72-86-60/h8,10-12,14-17,37-38,40-41,50,56,61,72H,1,9,13,18-36,39,42-43H2,2-6H3,(H,67,78)(H,68,79)(H,71,77)/b70-55+. The molecule has 3 aromatic carbocycles. The molecule has 3 saturated heterocycles. The molecular weight excluding hydrogens is 1120 g/mol. The van der Waals surface area contributed by atoms with Gasteiger partial charge in [0.2, 0.25) is 23.6 Å². The van der Waals surface area contributed by atoms with Gasteiger partial charge in [-0.25, -0.2) is 13.8 Å². The van der Waals surface area contributed by atoms with Crippen LogP contribution in [0.3, 0.4) is 0 Å². The number of aromatic amines is 1. The van der Waals surface area contributed by atoms with Crippen LogP contribution in [0.25, 0.3) is 21.6 Å². The van der Waals surface area contributed by atoms with Crippen molar-refractivity contribution >= 4 is 46.6 Å². The van der Waals surface area contributed by atoms with Crippen molar-refractivity contribution < 1.29 is 51.6 Å². The quantitative estimate of drug-likeness (QED) is 0.0197. The molecule has 19 nitrogen and oxygen atoms in total. The number of nitrogens with one attached hydrogen (secondary N) is 4. The molecule has 4 N–H and O–H groups in total. The second-order valence-corrected chi connectivity index (χ2v) is 23.8. The maximum atomic E-state index is 15.6. The van der Waals surface area contributed by atoms with Crippen molar-refractivity contribution in [3.63, 3.8) is 0 Å². The molecule has 0 aliphatic carbocycles. The number of carbonyl (C=O) groups is 4. The predicted molar refractivity (Wildman–Crippen MR) is 327 cm³/mol. The van der Waals surface area contributed by atoms with Crippen molar-refractivity contribution in [2.24, 2.45) is 10.4 Å². The smallest absolute Gasteiger partial charge is 0.246 e. The predicted octanol–water partition coefficient (Wildman–Crippen LogP) is 7.84. The zero-order valence-corrected chi connectivity index (χ0v) is 51.2. The fraction of sp³-hybridized carbons (Fsp3) is 0.516. The highest BCUT2D eigenvalue weighted by molar-refractivity contribution is 7.11. The molecule has 3 aliphatic heterocycles. The van der Waals surface area contributed by atoms with Crippen LogP contribution in [0.2, 0.25) is 0 Å². The number of likely N-dealkylation sites (tertiary alicyclic amines) is 2. The van der Waals surface area contributed by atoms with Crippen molar-refractivity contribution in [1.82, 2.24) is 44.8 Å². The average molecular weight is 1210 g/mol. The van der Waals surface area contributed by atoms with E-state index in [4.69, 9.17) is 33.8 Å².